The maximum Gasteiger partial charge on any atom is 0.315 e. The van der Waals surface area contributed by atoms with Crippen LogP contribution in [0.3, 0.4) is 0 Å². The first-order chi connectivity index (χ1) is 10.0. The van der Waals surface area contributed by atoms with E-state index in [4.69, 9.17) is 0 Å². The number of nitrogens with one attached hydrogen (secondary N) is 2. The molecule has 0 spiro atoms. The van der Waals surface area contributed by atoms with E-state index >= 15 is 0 Å². The Bertz CT molecular complexity index is 661. The number of hydrogen-bond acceptors (Lipinski definition) is 4. The predicted octanol–water partition coefficient (Wildman–Crippen LogP) is 4.57. The number of anilines is 2. The van der Waals surface area contributed by atoms with Gasteiger partial charge in [0.05, 0.1) is 4.92 Å². The van der Waals surface area contributed by atoms with Crippen LogP contribution in [0.25, 0.3) is 0 Å². The Morgan fingerprint density at radius 2 is 1.86 bits per heavy atom. The molecule has 21 heavy (non-hydrogen) atoms. The minimum Gasteiger partial charge on any atom is -0.382 e. The summed E-state index contributed by atoms with van der Waals surface area (Å²) in [5.74, 6) is 0. The van der Waals surface area contributed by atoms with E-state index in [-0.39, 0.29) is 16.7 Å². The van der Waals surface area contributed by atoms with Gasteiger partial charge in [-0.2, -0.15) is 0 Å². The minimum atomic E-state index is -0.373. The molecule has 0 heterocycles. The molecule has 2 aromatic carbocycles. The van der Waals surface area contributed by atoms with Gasteiger partial charge in [0.15, 0.2) is 0 Å². The second kappa shape index (κ2) is 6.58. The first-order valence-corrected chi connectivity index (χ1v) is 7.29. The molecule has 0 fully saturated rings. The van der Waals surface area contributed by atoms with Gasteiger partial charge in [0.1, 0.15) is 11.4 Å². The van der Waals surface area contributed by atoms with Crippen LogP contribution in [0.5, 0.6) is 0 Å². The fourth-order valence-corrected chi connectivity index (χ4v) is 2.57. The van der Waals surface area contributed by atoms with Crippen molar-refractivity contribution in [2.45, 2.75) is 13.0 Å². The van der Waals surface area contributed by atoms with E-state index in [0.717, 1.165) is 10.0 Å². The fraction of sp³-hybridized carbons (Fsp3) is 0.200. The zero-order valence-electron chi connectivity index (χ0n) is 11.8. The minimum absolute atomic E-state index is 0.0479. The van der Waals surface area contributed by atoms with Crippen LogP contribution >= 0.6 is 15.9 Å². The summed E-state index contributed by atoms with van der Waals surface area (Å²) < 4.78 is 0.979. The van der Waals surface area contributed by atoms with Crippen LogP contribution in [0.2, 0.25) is 0 Å². The number of hydrogen-bond donors (Lipinski definition) is 2. The highest BCUT2D eigenvalue weighted by Crippen LogP contribution is 2.34. The highest BCUT2D eigenvalue weighted by molar-refractivity contribution is 9.10. The lowest BCUT2D eigenvalue weighted by Crippen LogP contribution is -2.09. The lowest BCUT2D eigenvalue weighted by Gasteiger charge is -2.17. The van der Waals surface area contributed by atoms with E-state index in [0.29, 0.717) is 11.4 Å². The van der Waals surface area contributed by atoms with Crippen LogP contribution in [0.4, 0.5) is 17.1 Å². The first kappa shape index (κ1) is 15.3. The molecule has 0 aliphatic rings. The van der Waals surface area contributed by atoms with Crippen molar-refractivity contribution in [2.24, 2.45) is 0 Å². The molecule has 2 N–H and O–H groups in total. The highest BCUT2D eigenvalue weighted by Gasteiger charge is 2.20. The molecule has 0 aliphatic heterocycles. The largest absolute Gasteiger partial charge is 0.382 e. The second-order valence-corrected chi connectivity index (χ2v) is 5.55. The summed E-state index contributed by atoms with van der Waals surface area (Å²) in [7, 11) is 1.67. The van der Waals surface area contributed by atoms with Crippen molar-refractivity contribution in [3.63, 3.8) is 0 Å². The van der Waals surface area contributed by atoms with E-state index < -0.39 is 0 Å². The summed E-state index contributed by atoms with van der Waals surface area (Å²) in [5.41, 5.74) is 2.10. The zero-order valence-corrected chi connectivity index (χ0v) is 13.3. The number of nitrogens with zero attached hydrogens (tertiary/aromatic N) is 1. The van der Waals surface area contributed by atoms with Crippen molar-refractivity contribution in [1.82, 2.24) is 0 Å². The number of para-hydroxylation sites is 1. The highest BCUT2D eigenvalue weighted by atomic mass is 79.9. The van der Waals surface area contributed by atoms with Crippen molar-refractivity contribution in [3.05, 3.63) is 62.6 Å². The molecule has 0 saturated heterocycles. The fourth-order valence-electron chi connectivity index (χ4n) is 2.15. The van der Waals surface area contributed by atoms with Gasteiger partial charge in [-0.3, -0.25) is 10.1 Å². The third-order valence-corrected chi connectivity index (χ3v) is 3.70. The number of benzene rings is 2. The van der Waals surface area contributed by atoms with Gasteiger partial charge in [0.2, 0.25) is 0 Å². The summed E-state index contributed by atoms with van der Waals surface area (Å²) in [6.45, 7) is 1.97. The van der Waals surface area contributed by atoms with Gasteiger partial charge in [-0.1, -0.05) is 34.1 Å². The average molecular weight is 350 g/mol. The molecule has 0 saturated carbocycles. The summed E-state index contributed by atoms with van der Waals surface area (Å²) >= 11 is 3.43. The van der Waals surface area contributed by atoms with E-state index in [1.807, 2.05) is 31.2 Å². The summed E-state index contributed by atoms with van der Waals surface area (Å²) in [4.78, 5) is 10.9. The molecule has 1 atom stereocenters. The van der Waals surface area contributed by atoms with Crippen molar-refractivity contribution in [2.75, 3.05) is 17.7 Å². The number of rotatable bonds is 5. The summed E-state index contributed by atoms with van der Waals surface area (Å²) in [5, 5.41) is 17.3. The molecule has 5 nitrogen and oxygen atoms in total. The molecular formula is C15H16BrN3O2. The normalized spacial score (nSPS) is 11.8. The van der Waals surface area contributed by atoms with Crippen LogP contribution in [0.15, 0.2) is 46.9 Å². The molecule has 0 aliphatic carbocycles. The molecular weight excluding hydrogens is 334 g/mol. The third-order valence-electron chi connectivity index (χ3n) is 3.21. The van der Waals surface area contributed by atoms with E-state index in [1.165, 1.54) is 0 Å². The van der Waals surface area contributed by atoms with Crippen molar-refractivity contribution >= 4 is 33.0 Å². The summed E-state index contributed by atoms with van der Waals surface area (Å²) in [6, 6.07) is 13.0. The molecule has 2 rings (SSSR count). The molecule has 2 aromatic rings. The number of nitro groups is 1. The average Bonchev–Trinajstić information content (AvgIpc) is 2.46. The monoisotopic (exact) mass is 349 g/mol. The van der Waals surface area contributed by atoms with E-state index in [1.54, 1.807) is 25.2 Å². The number of halogens is 1. The first-order valence-electron chi connectivity index (χ1n) is 6.50. The standard InChI is InChI=1S/C15H16BrN3O2/c1-10(11-5-3-6-12(16)9-11)18-14-8-4-7-13(17-2)15(14)19(20)21/h3-10,17-18H,1-2H3. The van der Waals surface area contributed by atoms with Crippen LogP contribution in [-0.4, -0.2) is 12.0 Å². The second-order valence-electron chi connectivity index (χ2n) is 4.63. The van der Waals surface area contributed by atoms with Gasteiger partial charge in [-0.15, -0.1) is 0 Å². The smallest absolute Gasteiger partial charge is 0.315 e. The predicted molar refractivity (Wildman–Crippen MR) is 88.8 cm³/mol. The molecule has 0 radical (unpaired) electrons. The molecule has 0 aromatic heterocycles. The van der Waals surface area contributed by atoms with Gasteiger partial charge >= 0.3 is 5.69 Å². The van der Waals surface area contributed by atoms with Gasteiger partial charge < -0.3 is 10.6 Å². The maximum absolute atomic E-state index is 11.3. The van der Waals surface area contributed by atoms with E-state index in [2.05, 4.69) is 26.6 Å². The zero-order chi connectivity index (χ0) is 15.4. The molecule has 6 heteroatoms. The van der Waals surface area contributed by atoms with Crippen molar-refractivity contribution in [3.8, 4) is 0 Å². The Kier molecular flexibility index (Phi) is 4.80. The lowest BCUT2D eigenvalue weighted by atomic mass is 10.1. The van der Waals surface area contributed by atoms with Gasteiger partial charge in [0, 0.05) is 17.6 Å². The SMILES string of the molecule is CNc1cccc(NC(C)c2cccc(Br)c2)c1[N+](=O)[O-]. The van der Waals surface area contributed by atoms with Crippen LogP contribution < -0.4 is 10.6 Å². The van der Waals surface area contributed by atoms with Crippen LogP contribution in [-0.2, 0) is 0 Å². The Morgan fingerprint density at radius 3 is 2.48 bits per heavy atom. The van der Waals surface area contributed by atoms with Crippen LogP contribution in [0, 0.1) is 10.1 Å². The van der Waals surface area contributed by atoms with E-state index in [9.17, 15) is 10.1 Å². The third kappa shape index (κ3) is 3.52. The Balaban J connectivity index is 2.33. The Hall–Kier alpha value is -2.08. The molecule has 0 amide bonds. The van der Waals surface area contributed by atoms with Gasteiger partial charge in [-0.05, 0) is 36.8 Å². The van der Waals surface area contributed by atoms with Crippen molar-refractivity contribution < 1.29 is 4.92 Å². The van der Waals surface area contributed by atoms with Crippen LogP contribution in [0.1, 0.15) is 18.5 Å². The van der Waals surface area contributed by atoms with Gasteiger partial charge in [-0.25, -0.2) is 0 Å². The van der Waals surface area contributed by atoms with Gasteiger partial charge in [0.25, 0.3) is 0 Å². The Labute approximate surface area is 131 Å². The molecule has 0 bridgehead atoms. The topological polar surface area (TPSA) is 67.2 Å². The lowest BCUT2D eigenvalue weighted by molar-refractivity contribution is -0.383. The maximum atomic E-state index is 11.3. The molecule has 1 unspecified atom stereocenters. The number of nitro benzene ring substituents is 1. The quantitative estimate of drug-likeness (QED) is 0.612. The van der Waals surface area contributed by atoms with Crippen molar-refractivity contribution in [1.29, 1.82) is 0 Å². The Morgan fingerprint density at radius 1 is 1.19 bits per heavy atom. The summed E-state index contributed by atoms with van der Waals surface area (Å²) in [6.07, 6.45) is 0. The molecule has 110 valence electrons.